The van der Waals surface area contributed by atoms with E-state index in [1.54, 1.807) is 24.3 Å². The van der Waals surface area contributed by atoms with E-state index in [9.17, 15) is 9.90 Å². The van der Waals surface area contributed by atoms with E-state index in [-0.39, 0.29) is 17.3 Å². The molecule has 1 aliphatic rings. The van der Waals surface area contributed by atoms with Crippen LogP contribution >= 0.6 is 0 Å². The molecule has 2 heterocycles. The molecule has 21 heavy (non-hydrogen) atoms. The number of ether oxygens (including phenoxy) is 1. The SMILES string of the molecule is C[NH+](C)Cc1c(O)ccc2c1O/C(=C\c1ccco1)C2=O. The van der Waals surface area contributed by atoms with Gasteiger partial charge in [-0.25, -0.2) is 0 Å². The van der Waals surface area contributed by atoms with E-state index in [1.165, 1.54) is 12.3 Å². The first-order valence-electron chi connectivity index (χ1n) is 6.68. The lowest BCUT2D eigenvalue weighted by atomic mass is 10.0. The molecule has 0 spiro atoms. The van der Waals surface area contributed by atoms with E-state index in [2.05, 4.69) is 0 Å². The summed E-state index contributed by atoms with van der Waals surface area (Å²) in [6.07, 6.45) is 3.09. The van der Waals surface area contributed by atoms with Gasteiger partial charge < -0.3 is 19.2 Å². The van der Waals surface area contributed by atoms with Crippen molar-refractivity contribution < 1.29 is 24.0 Å². The van der Waals surface area contributed by atoms with Crippen molar-refractivity contribution in [1.82, 2.24) is 0 Å². The van der Waals surface area contributed by atoms with Gasteiger partial charge in [0, 0.05) is 6.08 Å². The highest BCUT2D eigenvalue weighted by Crippen LogP contribution is 2.39. The maximum absolute atomic E-state index is 12.3. The quantitative estimate of drug-likeness (QED) is 0.833. The van der Waals surface area contributed by atoms with Crippen molar-refractivity contribution in [2.75, 3.05) is 14.1 Å². The van der Waals surface area contributed by atoms with Crippen LogP contribution in [0.5, 0.6) is 11.5 Å². The zero-order chi connectivity index (χ0) is 15.0. The number of ketones is 1. The van der Waals surface area contributed by atoms with Gasteiger partial charge in [0.1, 0.15) is 18.1 Å². The number of quaternary nitrogens is 1. The molecule has 0 bridgehead atoms. The molecule has 1 aromatic heterocycles. The standard InChI is InChI=1S/C16H15NO4/c1-17(2)9-12-13(18)6-5-11-15(19)14(21-16(11)12)8-10-4-3-7-20-10/h3-8,18H,9H2,1-2H3/p+1/b14-8-. The molecule has 5 nitrogen and oxygen atoms in total. The van der Waals surface area contributed by atoms with E-state index >= 15 is 0 Å². The van der Waals surface area contributed by atoms with Crippen molar-refractivity contribution in [3.63, 3.8) is 0 Å². The lowest BCUT2D eigenvalue weighted by Gasteiger charge is -2.11. The summed E-state index contributed by atoms with van der Waals surface area (Å²) in [5.41, 5.74) is 1.12. The lowest BCUT2D eigenvalue weighted by Crippen LogP contribution is -3.04. The molecule has 1 aliphatic heterocycles. The zero-order valence-corrected chi connectivity index (χ0v) is 11.8. The first-order chi connectivity index (χ1) is 10.1. The Kier molecular flexibility index (Phi) is 3.27. The Labute approximate surface area is 122 Å². The first-order valence-corrected chi connectivity index (χ1v) is 6.68. The number of nitrogens with one attached hydrogen (secondary N) is 1. The van der Waals surface area contributed by atoms with Gasteiger partial charge in [-0.3, -0.25) is 4.79 Å². The number of carbonyl (C=O) groups is 1. The lowest BCUT2D eigenvalue weighted by molar-refractivity contribution is -0.872. The summed E-state index contributed by atoms with van der Waals surface area (Å²) >= 11 is 0. The van der Waals surface area contributed by atoms with Gasteiger partial charge in [-0.1, -0.05) is 0 Å². The Morgan fingerprint density at radius 2 is 2.10 bits per heavy atom. The average Bonchev–Trinajstić information content (AvgIpc) is 3.03. The van der Waals surface area contributed by atoms with Crippen LogP contribution in [0.15, 0.2) is 40.7 Å². The number of hydrogen-bond acceptors (Lipinski definition) is 4. The van der Waals surface area contributed by atoms with Crippen LogP contribution in [0.25, 0.3) is 6.08 Å². The summed E-state index contributed by atoms with van der Waals surface area (Å²) in [6, 6.07) is 6.61. The number of phenolic OH excluding ortho intramolecular Hbond substituents is 1. The van der Waals surface area contributed by atoms with Crippen LogP contribution in [0.1, 0.15) is 21.7 Å². The van der Waals surface area contributed by atoms with Crippen LogP contribution in [0, 0.1) is 0 Å². The largest absolute Gasteiger partial charge is 0.507 e. The van der Waals surface area contributed by atoms with E-state index in [0.29, 0.717) is 29.2 Å². The van der Waals surface area contributed by atoms with Gasteiger partial charge in [0.05, 0.1) is 31.5 Å². The molecule has 1 aromatic carbocycles. The van der Waals surface area contributed by atoms with E-state index < -0.39 is 0 Å². The van der Waals surface area contributed by atoms with Crippen molar-refractivity contribution >= 4 is 11.9 Å². The maximum Gasteiger partial charge on any atom is 0.232 e. The number of hydrogen-bond donors (Lipinski definition) is 2. The molecular weight excluding hydrogens is 270 g/mol. The molecule has 0 unspecified atom stereocenters. The Morgan fingerprint density at radius 3 is 2.76 bits per heavy atom. The predicted molar refractivity (Wildman–Crippen MR) is 76.3 cm³/mol. The molecule has 2 N–H and O–H groups in total. The van der Waals surface area contributed by atoms with Crippen LogP contribution in [0.2, 0.25) is 0 Å². The number of fused-ring (bicyclic) bond motifs is 1. The second kappa shape index (κ2) is 5.10. The van der Waals surface area contributed by atoms with Gasteiger partial charge in [0.25, 0.3) is 0 Å². The molecule has 0 saturated heterocycles. The highest BCUT2D eigenvalue weighted by atomic mass is 16.5. The third-order valence-corrected chi connectivity index (χ3v) is 3.26. The Balaban J connectivity index is 2.03. The molecule has 0 atom stereocenters. The third kappa shape index (κ3) is 2.43. The van der Waals surface area contributed by atoms with Crippen LogP contribution in [-0.4, -0.2) is 25.0 Å². The topological polar surface area (TPSA) is 64.1 Å². The molecule has 5 heteroatoms. The van der Waals surface area contributed by atoms with Crippen molar-refractivity contribution in [1.29, 1.82) is 0 Å². The van der Waals surface area contributed by atoms with Crippen molar-refractivity contribution in [2.24, 2.45) is 0 Å². The highest BCUT2D eigenvalue weighted by molar-refractivity contribution is 6.14. The number of rotatable bonds is 3. The second-order valence-corrected chi connectivity index (χ2v) is 5.28. The number of aromatic hydroxyl groups is 1. The molecule has 2 aromatic rings. The van der Waals surface area contributed by atoms with Crippen molar-refractivity contribution in [3.8, 4) is 11.5 Å². The summed E-state index contributed by atoms with van der Waals surface area (Å²) < 4.78 is 10.9. The summed E-state index contributed by atoms with van der Waals surface area (Å²) in [5, 5.41) is 10.0. The molecule has 0 fully saturated rings. The van der Waals surface area contributed by atoms with E-state index in [1.807, 2.05) is 14.1 Å². The summed E-state index contributed by atoms with van der Waals surface area (Å²) in [4.78, 5) is 13.5. The molecule has 3 rings (SSSR count). The minimum atomic E-state index is -0.198. The van der Waals surface area contributed by atoms with Gasteiger partial charge in [0.2, 0.25) is 5.78 Å². The van der Waals surface area contributed by atoms with Gasteiger partial charge in [0.15, 0.2) is 11.5 Å². The first kappa shape index (κ1) is 13.5. The highest BCUT2D eigenvalue weighted by Gasteiger charge is 2.32. The minimum Gasteiger partial charge on any atom is -0.507 e. The Hall–Kier alpha value is -2.53. The van der Waals surface area contributed by atoms with E-state index in [0.717, 1.165) is 4.90 Å². The molecule has 0 aliphatic carbocycles. The summed E-state index contributed by atoms with van der Waals surface area (Å²) in [5.74, 6) is 1.15. The predicted octanol–water partition coefficient (Wildman–Crippen LogP) is 1.25. The minimum absolute atomic E-state index is 0.141. The number of phenols is 1. The fraction of sp³-hybridized carbons (Fsp3) is 0.188. The van der Waals surface area contributed by atoms with Gasteiger partial charge in [-0.2, -0.15) is 0 Å². The number of benzene rings is 1. The van der Waals surface area contributed by atoms with Gasteiger partial charge >= 0.3 is 0 Å². The monoisotopic (exact) mass is 286 g/mol. The number of allylic oxidation sites excluding steroid dienone is 1. The van der Waals surface area contributed by atoms with Crippen LogP contribution in [0.4, 0.5) is 0 Å². The van der Waals surface area contributed by atoms with E-state index in [4.69, 9.17) is 9.15 Å². The molecule has 0 amide bonds. The van der Waals surface area contributed by atoms with Gasteiger partial charge in [-0.05, 0) is 24.3 Å². The normalized spacial score (nSPS) is 15.6. The average molecular weight is 286 g/mol. The Morgan fingerprint density at radius 1 is 1.29 bits per heavy atom. The molecule has 0 radical (unpaired) electrons. The molecule has 0 saturated carbocycles. The fourth-order valence-electron chi connectivity index (χ4n) is 2.32. The number of carbonyl (C=O) groups excluding carboxylic acids is 1. The van der Waals surface area contributed by atoms with Gasteiger partial charge in [-0.15, -0.1) is 0 Å². The van der Waals surface area contributed by atoms with Crippen LogP contribution in [-0.2, 0) is 6.54 Å². The zero-order valence-electron chi connectivity index (χ0n) is 11.8. The van der Waals surface area contributed by atoms with Crippen LogP contribution in [0.3, 0.4) is 0 Å². The smallest absolute Gasteiger partial charge is 0.232 e. The number of Topliss-reactive ketones (excluding diaryl/α,β-unsaturated/α-hetero) is 1. The maximum atomic E-state index is 12.3. The van der Waals surface area contributed by atoms with Crippen LogP contribution < -0.4 is 9.64 Å². The number of furan rings is 1. The molecule has 108 valence electrons. The summed E-state index contributed by atoms with van der Waals surface area (Å²) in [6.45, 7) is 0.566. The fourth-order valence-corrected chi connectivity index (χ4v) is 2.32. The van der Waals surface area contributed by atoms with Crippen molar-refractivity contribution in [2.45, 2.75) is 6.54 Å². The second-order valence-electron chi connectivity index (χ2n) is 5.28. The third-order valence-electron chi connectivity index (χ3n) is 3.26. The summed E-state index contributed by atoms with van der Waals surface area (Å²) in [7, 11) is 3.93. The Bertz CT molecular complexity index is 714. The molecular formula is C16H16NO4+. The van der Waals surface area contributed by atoms with Crippen molar-refractivity contribution in [3.05, 3.63) is 53.2 Å².